The summed E-state index contributed by atoms with van der Waals surface area (Å²) in [5.74, 6) is 1.85. The van der Waals surface area contributed by atoms with E-state index >= 15 is 0 Å². The van der Waals surface area contributed by atoms with Crippen LogP contribution in [0.4, 0.5) is 8.78 Å². The Balaban J connectivity index is 1.38. The first-order valence-corrected chi connectivity index (χ1v) is 9.15. The van der Waals surface area contributed by atoms with Gasteiger partial charge in [0.25, 0.3) is 0 Å². The third-order valence-electron chi connectivity index (χ3n) is 5.02. The SMILES string of the molecule is Cc1nc(CN2CCCN(Cc3cccc4c3OC(F)(F)O4)CC2)oc1C. The third kappa shape index (κ3) is 4.06. The Morgan fingerprint density at radius 3 is 2.48 bits per heavy atom. The van der Waals surface area contributed by atoms with Crippen molar-refractivity contribution >= 4 is 0 Å². The van der Waals surface area contributed by atoms with E-state index < -0.39 is 6.29 Å². The molecular formula is C19H23F2N3O3. The van der Waals surface area contributed by atoms with Gasteiger partial charge in [0.05, 0.1) is 12.2 Å². The van der Waals surface area contributed by atoms with Crippen molar-refractivity contribution in [2.45, 2.75) is 39.7 Å². The van der Waals surface area contributed by atoms with Crippen LogP contribution in [0.3, 0.4) is 0 Å². The fourth-order valence-electron chi connectivity index (χ4n) is 3.53. The second kappa shape index (κ2) is 7.09. The van der Waals surface area contributed by atoms with Gasteiger partial charge in [-0.1, -0.05) is 12.1 Å². The van der Waals surface area contributed by atoms with Gasteiger partial charge in [-0.2, -0.15) is 0 Å². The number of hydrogen-bond acceptors (Lipinski definition) is 6. The first-order valence-electron chi connectivity index (χ1n) is 9.15. The molecule has 0 bridgehead atoms. The Kier molecular flexibility index (Phi) is 4.77. The number of benzene rings is 1. The molecular weight excluding hydrogens is 356 g/mol. The van der Waals surface area contributed by atoms with Crippen LogP contribution in [0, 0.1) is 13.8 Å². The van der Waals surface area contributed by atoms with Crippen molar-refractivity contribution in [3.63, 3.8) is 0 Å². The van der Waals surface area contributed by atoms with Gasteiger partial charge in [0.15, 0.2) is 11.5 Å². The van der Waals surface area contributed by atoms with Crippen molar-refractivity contribution in [3.05, 3.63) is 41.1 Å². The highest BCUT2D eigenvalue weighted by Crippen LogP contribution is 2.43. The predicted molar refractivity (Wildman–Crippen MR) is 93.8 cm³/mol. The molecule has 0 saturated carbocycles. The van der Waals surface area contributed by atoms with Gasteiger partial charge in [0.1, 0.15) is 5.76 Å². The first kappa shape index (κ1) is 18.2. The van der Waals surface area contributed by atoms with E-state index in [2.05, 4.69) is 19.5 Å². The topological polar surface area (TPSA) is 51.0 Å². The largest absolute Gasteiger partial charge is 0.586 e. The summed E-state index contributed by atoms with van der Waals surface area (Å²) in [5, 5.41) is 0. The summed E-state index contributed by atoms with van der Waals surface area (Å²) in [6.45, 7) is 8.63. The number of para-hydroxylation sites is 1. The van der Waals surface area contributed by atoms with Gasteiger partial charge in [-0.15, -0.1) is 8.78 Å². The lowest BCUT2D eigenvalue weighted by Crippen LogP contribution is -2.30. The Morgan fingerprint density at radius 2 is 1.78 bits per heavy atom. The molecule has 0 radical (unpaired) electrons. The summed E-state index contributed by atoms with van der Waals surface area (Å²) in [4.78, 5) is 9.02. The van der Waals surface area contributed by atoms with Gasteiger partial charge in [-0.05, 0) is 39.4 Å². The van der Waals surface area contributed by atoms with Crippen molar-refractivity contribution in [1.29, 1.82) is 0 Å². The Bertz CT molecular complexity index is 805. The van der Waals surface area contributed by atoms with Crippen LogP contribution in [0.15, 0.2) is 22.6 Å². The van der Waals surface area contributed by atoms with Gasteiger partial charge in [-0.3, -0.25) is 9.80 Å². The summed E-state index contributed by atoms with van der Waals surface area (Å²) in [6, 6.07) is 5.03. The molecule has 0 N–H and O–H groups in total. The van der Waals surface area contributed by atoms with Crippen LogP contribution in [0.1, 0.15) is 29.3 Å². The molecule has 0 amide bonds. The minimum Gasteiger partial charge on any atom is -0.444 e. The van der Waals surface area contributed by atoms with Crippen LogP contribution in [0.2, 0.25) is 0 Å². The minimum absolute atomic E-state index is 0.101. The van der Waals surface area contributed by atoms with E-state index in [1.54, 1.807) is 6.07 Å². The van der Waals surface area contributed by atoms with Crippen LogP contribution < -0.4 is 9.47 Å². The standard InChI is InChI=1S/C19H23F2N3O3/c1-13-14(2)25-17(22-13)12-24-8-4-7-23(9-10-24)11-15-5-3-6-16-18(15)27-19(20,21)26-16/h3,5-6H,4,7-12H2,1-2H3. The quantitative estimate of drug-likeness (QED) is 0.812. The Hall–Kier alpha value is -2.19. The molecule has 2 aromatic rings. The molecule has 3 heterocycles. The molecule has 4 rings (SSSR count). The maximum atomic E-state index is 13.4. The number of nitrogens with zero attached hydrogens (tertiary/aromatic N) is 3. The van der Waals surface area contributed by atoms with Crippen molar-refractivity contribution in [3.8, 4) is 11.5 Å². The number of aromatic nitrogens is 1. The summed E-state index contributed by atoms with van der Waals surface area (Å²) in [6.07, 6.45) is -2.60. The summed E-state index contributed by atoms with van der Waals surface area (Å²) in [7, 11) is 0. The highest BCUT2D eigenvalue weighted by molar-refractivity contribution is 5.48. The van der Waals surface area contributed by atoms with E-state index in [9.17, 15) is 8.78 Å². The molecule has 1 aromatic carbocycles. The number of fused-ring (bicyclic) bond motifs is 1. The van der Waals surface area contributed by atoms with Crippen molar-refractivity contribution in [2.75, 3.05) is 26.2 Å². The maximum Gasteiger partial charge on any atom is 0.586 e. The second-order valence-corrected chi connectivity index (χ2v) is 7.07. The molecule has 1 aromatic heterocycles. The third-order valence-corrected chi connectivity index (χ3v) is 5.02. The number of alkyl halides is 2. The van der Waals surface area contributed by atoms with Crippen LogP contribution >= 0.6 is 0 Å². The number of hydrogen-bond donors (Lipinski definition) is 0. The zero-order chi connectivity index (χ0) is 19.0. The number of rotatable bonds is 4. The zero-order valence-electron chi connectivity index (χ0n) is 15.5. The molecule has 8 heteroatoms. The predicted octanol–water partition coefficient (Wildman–Crippen LogP) is 3.32. The molecule has 27 heavy (non-hydrogen) atoms. The summed E-state index contributed by atoms with van der Waals surface area (Å²) in [5.41, 5.74) is 1.65. The van der Waals surface area contributed by atoms with Crippen LogP contribution in [-0.4, -0.2) is 47.3 Å². The average Bonchev–Trinajstić information content (AvgIpc) is 2.99. The lowest BCUT2D eigenvalue weighted by atomic mass is 10.1. The van der Waals surface area contributed by atoms with Crippen molar-refractivity contribution in [1.82, 2.24) is 14.8 Å². The molecule has 1 saturated heterocycles. The Morgan fingerprint density at radius 1 is 1.04 bits per heavy atom. The van der Waals surface area contributed by atoms with Gasteiger partial charge >= 0.3 is 6.29 Å². The zero-order valence-corrected chi connectivity index (χ0v) is 15.5. The molecule has 6 nitrogen and oxygen atoms in total. The van der Waals surface area contributed by atoms with Gasteiger partial charge in [0.2, 0.25) is 5.89 Å². The molecule has 2 aliphatic heterocycles. The minimum atomic E-state index is -3.58. The molecule has 1 fully saturated rings. The van der Waals surface area contributed by atoms with Gasteiger partial charge in [-0.25, -0.2) is 4.98 Å². The molecule has 0 aliphatic carbocycles. The monoisotopic (exact) mass is 379 g/mol. The molecule has 2 aliphatic rings. The van der Waals surface area contributed by atoms with E-state index in [1.165, 1.54) is 6.07 Å². The fourth-order valence-corrected chi connectivity index (χ4v) is 3.53. The maximum absolute atomic E-state index is 13.4. The molecule has 0 atom stereocenters. The lowest BCUT2D eigenvalue weighted by Gasteiger charge is -2.21. The number of oxazole rings is 1. The van der Waals surface area contributed by atoms with Gasteiger partial charge in [0, 0.05) is 25.2 Å². The Labute approximate surface area is 156 Å². The van der Waals surface area contributed by atoms with E-state index in [0.717, 1.165) is 55.5 Å². The fraction of sp³-hybridized carbons (Fsp3) is 0.526. The smallest absolute Gasteiger partial charge is 0.444 e. The lowest BCUT2D eigenvalue weighted by molar-refractivity contribution is -0.287. The van der Waals surface area contributed by atoms with E-state index in [-0.39, 0.29) is 11.5 Å². The summed E-state index contributed by atoms with van der Waals surface area (Å²) >= 11 is 0. The van der Waals surface area contributed by atoms with Crippen LogP contribution in [-0.2, 0) is 13.1 Å². The van der Waals surface area contributed by atoms with Gasteiger partial charge < -0.3 is 13.9 Å². The highest BCUT2D eigenvalue weighted by Gasteiger charge is 2.44. The average molecular weight is 379 g/mol. The second-order valence-electron chi connectivity index (χ2n) is 7.07. The number of ether oxygens (including phenoxy) is 2. The molecule has 146 valence electrons. The van der Waals surface area contributed by atoms with E-state index in [1.807, 2.05) is 19.9 Å². The van der Waals surface area contributed by atoms with Crippen molar-refractivity contribution in [2.24, 2.45) is 0 Å². The summed E-state index contributed by atoms with van der Waals surface area (Å²) < 4.78 is 41.7. The normalized spacial score (nSPS) is 20.0. The number of halogens is 2. The highest BCUT2D eigenvalue weighted by atomic mass is 19.3. The molecule has 0 spiro atoms. The molecule has 0 unspecified atom stereocenters. The van der Waals surface area contributed by atoms with E-state index in [4.69, 9.17) is 9.15 Å². The van der Waals surface area contributed by atoms with Crippen LogP contribution in [0.25, 0.3) is 0 Å². The van der Waals surface area contributed by atoms with Crippen LogP contribution in [0.5, 0.6) is 11.5 Å². The van der Waals surface area contributed by atoms with E-state index in [0.29, 0.717) is 13.1 Å². The first-order chi connectivity index (χ1) is 12.9. The number of aryl methyl sites for hydroxylation is 2. The van der Waals surface area contributed by atoms with Crippen molar-refractivity contribution < 1.29 is 22.7 Å².